The third kappa shape index (κ3) is 4.66. The number of aliphatic imine (C=N–C) groups is 1. The molecule has 0 unspecified atom stereocenters. The standard InChI is InChI=1S/C29H18ClN7O2/c1-17(27-34-23-11-5-6-12-24(23)35-27)36-37-28(33-16-18-8-2-4-10-22(18)30)20(14-31)26(21(15-32)29(37)39)19-9-3-7-13-25(19)38/h2-13,16,38H,1H3,(H,34,35)/b33-16+,36-17+. The van der Waals surface area contributed by atoms with E-state index in [1.54, 1.807) is 43.3 Å². The van der Waals surface area contributed by atoms with Crippen molar-refractivity contribution in [2.24, 2.45) is 10.1 Å². The van der Waals surface area contributed by atoms with Gasteiger partial charge in [0.25, 0.3) is 5.56 Å². The van der Waals surface area contributed by atoms with Gasteiger partial charge in [0.1, 0.15) is 34.7 Å². The van der Waals surface area contributed by atoms with Crippen LogP contribution in [0.4, 0.5) is 5.82 Å². The number of hydrogen-bond donors (Lipinski definition) is 2. The number of nitrogens with one attached hydrogen (secondary N) is 1. The number of benzene rings is 3. The molecule has 0 radical (unpaired) electrons. The SMILES string of the molecule is C/C(=N\n1c(/N=C/c2ccccc2Cl)c(C#N)c(-c2ccccc2O)c(C#N)c1=O)c1nc2ccccc2[nH]1. The highest BCUT2D eigenvalue weighted by molar-refractivity contribution is 6.33. The second-order valence-corrected chi connectivity index (χ2v) is 8.78. The highest BCUT2D eigenvalue weighted by atomic mass is 35.5. The van der Waals surface area contributed by atoms with Crippen molar-refractivity contribution in [2.75, 3.05) is 0 Å². The average molecular weight is 532 g/mol. The minimum absolute atomic E-state index is 0.0396. The fraction of sp³-hybridized carbons (Fsp3) is 0.0345. The Hall–Kier alpha value is -5.51. The van der Waals surface area contributed by atoms with Gasteiger partial charge in [-0.25, -0.2) is 9.98 Å². The molecular weight excluding hydrogens is 514 g/mol. The van der Waals surface area contributed by atoms with Crippen molar-refractivity contribution in [1.29, 1.82) is 10.5 Å². The molecule has 0 aliphatic rings. The van der Waals surface area contributed by atoms with E-state index in [9.17, 15) is 20.4 Å². The summed E-state index contributed by atoms with van der Waals surface area (Å²) in [5.74, 6) is 0.0479. The molecule has 0 saturated carbocycles. The van der Waals surface area contributed by atoms with E-state index < -0.39 is 5.56 Å². The van der Waals surface area contributed by atoms with Crippen LogP contribution in [-0.2, 0) is 0 Å². The van der Waals surface area contributed by atoms with Crippen molar-refractivity contribution >= 4 is 40.4 Å². The lowest BCUT2D eigenvalue weighted by Crippen LogP contribution is -2.23. The van der Waals surface area contributed by atoms with Gasteiger partial charge in [-0.15, -0.1) is 0 Å². The molecule has 0 spiro atoms. The van der Waals surface area contributed by atoms with Crippen molar-refractivity contribution in [3.63, 3.8) is 0 Å². The van der Waals surface area contributed by atoms with Crippen molar-refractivity contribution in [3.8, 4) is 29.0 Å². The number of aromatic hydroxyl groups is 1. The van der Waals surface area contributed by atoms with Gasteiger partial charge in [-0.2, -0.15) is 20.3 Å². The molecular formula is C29H18ClN7O2. The fourth-order valence-corrected chi connectivity index (χ4v) is 4.24. The van der Waals surface area contributed by atoms with Gasteiger partial charge in [0.15, 0.2) is 11.6 Å². The molecule has 0 amide bonds. The number of nitrogens with zero attached hydrogens (tertiary/aromatic N) is 6. The number of phenols is 1. The summed E-state index contributed by atoms with van der Waals surface area (Å²) in [4.78, 5) is 25.8. The van der Waals surface area contributed by atoms with Gasteiger partial charge in [-0.3, -0.25) is 4.79 Å². The molecule has 5 aromatic rings. The number of halogens is 1. The minimum atomic E-state index is -0.823. The van der Waals surface area contributed by atoms with Crippen molar-refractivity contribution in [1.82, 2.24) is 14.6 Å². The first-order valence-electron chi connectivity index (χ1n) is 11.6. The number of pyridine rings is 1. The number of imidazole rings is 1. The lowest BCUT2D eigenvalue weighted by atomic mass is 9.96. The molecule has 0 aliphatic heterocycles. The average Bonchev–Trinajstić information content (AvgIpc) is 3.39. The zero-order chi connectivity index (χ0) is 27.5. The van der Waals surface area contributed by atoms with Crippen LogP contribution in [0.5, 0.6) is 5.75 Å². The molecule has 5 rings (SSSR count). The molecule has 9 nitrogen and oxygen atoms in total. The van der Waals surface area contributed by atoms with Gasteiger partial charge in [-0.1, -0.05) is 60.1 Å². The molecule has 2 N–H and O–H groups in total. The maximum atomic E-state index is 13.7. The Morgan fingerprint density at radius 2 is 1.72 bits per heavy atom. The number of fused-ring (bicyclic) bond motifs is 1. The number of phenolic OH excluding ortho intramolecular Hbond substituents is 1. The monoisotopic (exact) mass is 531 g/mol. The normalized spacial score (nSPS) is 11.5. The van der Waals surface area contributed by atoms with Crippen LogP contribution in [0.2, 0.25) is 5.02 Å². The predicted molar refractivity (Wildman–Crippen MR) is 150 cm³/mol. The Morgan fingerprint density at radius 1 is 1.03 bits per heavy atom. The summed E-state index contributed by atoms with van der Waals surface area (Å²) in [5, 5.41) is 35.7. The van der Waals surface area contributed by atoms with Crippen LogP contribution in [0.1, 0.15) is 29.4 Å². The van der Waals surface area contributed by atoms with Gasteiger partial charge in [0.2, 0.25) is 0 Å². The molecule has 0 bridgehead atoms. The molecule has 0 atom stereocenters. The largest absolute Gasteiger partial charge is 0.507 e. The Morgan fingerprint density at radius 3 is 2.44 bits per heavy atom. The fourth-order valence-electron chi connectivity index (χ4n) is 4.06. The van der Waals surface area contributed by atoms with Crippen LogP contribution < -0.4 is 5.56 Å². The number of H-pyrrole nitrogens is 1. The Labute approximate surface area is 227 Å². The second-order valence-electron chi connectivity index (χ2n) is 8.37. The van der Waals surface area contributed by atoms with Gasteiger partial charge in [0.05, 0.1) is 11.0 Å². The smallest absolute Gasteiger partial charge is 0.291 e. The van der Waals surface area contributed by atoms with Gasteiger partial charge < -0.3 is 10.1 Å². The molecule has 3 aromatic carbocycles. The number of nitriles is 2. The first kappa shape index (κ1) is 25.2. The molecule has 0 aliphatic carbocycles. The molecule has 2 aromatic heterocycles. The van der Waals surface area contributed by atoms with E-state index in [4.69, 9.17) is 11.6 Å². The van der Waals surface area contributed by atoms with E-state index in [1.165, 1.54) is 18.3 Å². The van der Waals surface area contributed by atoms with Gasteiger partial charge in [0, 0.05) is 27.9 Å². The summed E-state index contributed by atoms with van der Waals surface area (Å²) in [6.45, 7) is 1.64. The van der Waals surface area contributed by atoms with Crippen LogP contribution in [-0.4, -0.2) is 31.7 Å². The van der Waals surface area contributed by atoms with Crippen LogP contribution in [0.3, 0.4) is 0 Å². The summed E-state index contributed by atoms with van der Waals surface area (Å²) >= 11 is 6.29. The van der Waals surface area contributed by atoms with Crippen LogP contribution in [0.15, 0.2) is 87.7 Å². The number of para-hydroxylation sites is 3. The third-order valence-corrected chi connectivity index (χ3v) is 6.28. The molecule has 0 saturated heterocycles. The van der Waals surface area contributed by atoms with Crippen molar-refractivity contribution < 1.29 is 5.11 Å². The Kier molecular flexibility index (Phi) is 6.75. The number of hydrogen-bond acceptors (Lipinski definition) is 7. The van der Waals surface area contributed by atoms with E-state index in [0.717, 1.165) is 10.2 Å². The number of aromatic nitrogens is 3. The lowest BCUT2D eigenvalue weighted by molar-refractivity contribution is 0.477. The van der Waals surface area contributed by atoms with Gasteiger partial charge in [-0.05, 0) is 31.2 Å². The molecule has 0 fully saturated rings. The van der Waals surface area contributed by atoms with E-state index in [-0.39, 0.29) is 33.8 Å². The summed E-state index contributed by atoms with van der Waals surface area (Å²) in [6, 6.07) is 24.4. The highest BCUT2D eigenvalue weighted by Gasteiger charge is 2.25. The number of aromatic amines is 1. The summed E-state index contributed by atoms with van der Waals surface area (Å²) in [7, 11) is 0. The van der Waals surface area contributed by atoms with Crippen LogP contribution >= 0.6 is 11.6 Å². The number of rotatable bonds is 5. The maximum Gasteiger partial charge on any atom is 0.291 e. The summed E-state index contributed by atoms with van der Waals surface area (Å²) in [5.41, 5.74) is 1.11. The summed E-state index contributed by atoms with van der Waals surface area (Å²) < 4.78 is 0.899. The van der Waals surface area contributed by atoms with Crippen LogP contribution in [0, 0.1) is 22.7 Å². The van der Waals surface area contributed by atoms with E-state index in [0.29, 0.717) is 27.6 Å². The van der Waals surface area contributed by atoms with E-state index in [1.807, 2.05) is 30.3 Å². The molecule has 39 heavy (non-hydrogen) atoms. The lowest BCUT2D eigenvalue weighted by Gasteiger charge is -2.14. The summed E-state index contributed by atoms with van der Waals surface area (Å²) in [6.07, 6.45) is 1.40. The predicted octanol–water partition coefficient (Wildman–Crippen LogP) is 5.52. The molecule has 188 valence electrons. The van der Waals surface area contributed by atoms with E-state index in [2.05, 4.69) is 26.1 Å². The molecule has 2 heterocycles. The minimum Gasteiger partial charge on any atom is -0.507 e. The Bertz CT molecular complexity index is 1920. The zero-order valence-corrected chi connectivity index (χ0v) is 21.2. The van der Waals surface area contributed by atoms with Crippen molar-refractivity contribution in [2.45, 2.75) is 6.92 Å². The topological polar surface area (TPSA) is 143 Å². The highest BCUT2D eigenvalue weighted by Crippen LogP contribution is 2.36. The first-order valence-corrected chi connectivity index (χ1v) is 12.0. The van der Waals surface area contributed by atoms with E-state index >= 15 is 0 Å². The molecule has 10 heteroatoms. The van der Waals surface area contributed by atoms with Crippen molar-refractivity contribution in [3.05, 3.63) is 111 Å². The first-order chi connectivity index (χ1) is 18.9. The maximum absolute atomic E-state index is 13.7. The quantitative estimate of drug-likeness (QED) is 0.287. The zero-order valence-electron chi connectivity index (χ0n) is 20.4. The van der Waals surface area contributed by atoms with Crippen LogP contribution in [0.25, 0.3) is 22.2 Å². The second kappa shape index (κ2) is 10.5. The third-order valence-electron chi connectivity index (χ3n) is 5.94. The Balaban J connectivity index is 1.82. The van der Waals surface area contributed by atoms with Gasteiger partial charge >= 0.3 is 0 Å².